The van der Waals surface area contributed by atoms with Crippen molar-refractivity contribution < 1.29 is 13.6 Å². The lowest BCUT2D eigenvalue weighted by atomic mass is 10.1. The first kappa shape index (κ1) is 9.71. The minimum atomic E-state index is -0.331. The quantitative estimate of drug-likeness (QED) is 0.816. The van der Waals surface area contributed by atoms with Gasteiger partial charge in [-0.15, -0.1) is 0 Å². The van der Waals surface area contributed by atoms with Gasteiger partial charge in [0.2, 0.25) is 5.91 Å². The minimum Gasteiger partial charge on any atom is -0.464 e. The first-order valence-corrected chi connectivity index (χ1v) is 4.57. The van der Waals surface area contributed by atoms with Gasteiger partial charge in [-0.05, 0) is 18.2 Å². The van der Waals surface area contributed by atoms with Crippen LogP contribution in [-0.4, -0.2) is 13.0 Å². The van der Waals surface area contributed by atoms with Gasteiger partial charge in [0, 0.05) is 18.0 Å². The van der Waals surface area contributed by atoms with E-state index >= 15 is 0 Å². The van der Waals surface area contributed by atoms with E-state index in [2.05, 4.69) is 5.32 Å². The van der Waals surface area contributed by atoms with Crippen LogP contribution in [0.4, 0.5) is 4.39 Å². The van der Waals surface area contributed by atoms with Gasteiger partial charge in [0.15, 0.2) is 0 Å². The molecule has 1 N–H and O–H groups in total. The molecule has 0 atom stereocenters. The average Bonchev–Trinajstić information content (AvgIpc) is 2.61. The maximum Gasteiger partial charge on any atom is 0.224 e. The van der Waals surface area contributed by atoms with E-state index in [1.807, 2.05) is 0 Å². The molecule has 0 aliphatic rings. The molecule has 0 aliphatic heterocycles. The van der Waals surface area contributed by atoms with Crippen molar-refractivity contribution in [3.63, 3.8) is 0 Å². The Morgan fingerprint density at radius 1 is 1.53 bits per heavy atom. The van der Waals surface area contributed by atoms with E-state index in [9.17, 15) is 9.18 Å². The molecule has 2 aromatic rings. The van der Waals surface area contributed by atoms with E-state index in [-0.39, 0.29) is 18.1 Å². The van der Waals surface area contributed by atoms with Crippen LogP contribution in [0.5, 0.6) is 0 Å². The van der Waals surface area contributed by atoms with Crippen molar-refractivity contribution in [1.29, 1.82) is 0 Å². The lowest BCUT2D eigenvalue weighted by Gasteiger charge is -1.97. The highest BCUT2D eigenvalue weighted by Gasteiger charge is 2.09. The first-order valence-electron chi connectivity index (χ1n) is 4.57. The number of carbonyl (C=O) groups excluding carboxylic acids is 1. The summed E-state index contributed by atoms with van der Waals surface area (Å²) in [6.07, 6.45) is 1.69. The third-order valence-electron chi connectivity index (χ3n) is 2.25. The average molecular weight is 207 g/mol. The summed E-state index contributed by atoms with van der Waals surface area (Å²) in [4.78, 5) is 11.2. The Labute approximate surface area is 85.9 Å². The number of fused-ring (bicyclic) bond motifs is 1. The zero-order valence-electron chi connectivity index (χ0n) is 8.21. The zero-order chi connectivity index (χ0) is 10.8. The number of carbonyl (C=O) groups is 1. The summed E-state index contributed by atoms with van der Waals surface area (Å²) in [5.41, 5.74) is 1.29. The smallest absolute Gasteiger partial charge is 0.224 e. The molecule has 15 heavy (non-hydrogen) atoms. The molecule has 3 nitrogen and oxygen atoms in total. The minimum absolute atomic E-state index is 0.123. The number of benzene rings is 1. The molecule has 0 bridgehead atoms. The number of rotatable bonds is 2. The lowest BCUT2D eigenvalue weighted by molar-refractivity contribution is -0.119. The maximum atomic E-state index is 13.0. The third kappa shape index (κ3) is 1.83. The molecule has 0 fully saturated rings. The second kappa shape index (κ2) is 3.73. The van der Waals surface area contributed by atoms with E-state index in [0.29, 0.717) is 16.5 Å². The summed E-state index contributed by atoms with van der Waals surface area (Å²) < 4.78 is 18.2. The van der Waals surface area contributed by atoms with Gasteiger partial charge in [-0.1, -0.05) is 0 Å². The lowest BCUT2D eigenvalue weighted by Crippen LogP contribution is -2.19. The van der Waals surface area contributed by atoms with Crippen LogP contribution in [-0.2, 0) is 11.2 Å². The van der Waals surface area contributed by atoms with Gasteiger partial charge in [-0.3, -0.25) is 4.79 Å². The molecule has 2 rings (SSSR count). The third-order valence-corrected chi connectivity index (χ3v) is 2.25. The molecule has 78 valence electrons. The van der Waals surface area contributed by atoms with Crippen LogP contribution < -0.4 is 5.32 Å². The number of halogens is 1. The Hall–Kier alpha value is -1.84. The maximum absolute atomic E-state index is 13.0. The van der Waals surface area contributed by atoms with Crippen molar-refractivity contribution >= 4 is 16.9 Å². The highest BCUT2D eigenvalue weighted by atomic mass is 19.1. The molecule has 1 aromatic carbocycles. The van der Waals surface area contributed by atoms with Crippen molar-refractivity contribution in [1.82, 2.24) is 5.32 Å². The summed E-state index contributed by atoms with van der Waals surface area (Å²) >= 11 is 0. The van der Waals surface area contributed by atoms with E-state index in [1.165, 1.54) is 18.4 Å². The number of amides is 1. The standard InChI is InChI=1S/C11H10FNO2/c1-13-11(14)4-7-6-15-10-3-2-8(12)5-9(7)10/h2-3,5-6H,4H2,1H3,(H,13,14). The fourth-order valence-electron chi connectivity index (χ4n) is 1.45. The van der Waals surface area contributed by atoms with Crippen molar-refractivity contribution in [2.75, 3.05) is 7.05 Å². The molecule has 4 heteroatoms. The summed E-state index contributed by atoms with van der Waals surface area (Å²) in [6.45, 7) is 0. The van der Waals surface area contributed by atoms with E-state index < -0.39 is 0 Å². The molecule has 1 amide bonds. The van der Waals surface area contributed by atoms with Crippen LogP contribution in [0.2, 0.25) is 0 Å². The van der Waals surface area contributed by atoms with Crippen molar-refractivity contribution in [3.05, 3.63) is 35.8 Å². The van der Waals surface area contributed by atoms with Crippen LogP contribution in [0.1, 0.15) is 5.56 Å². The molecule has 0 spiro atoms. The summed E-state index contributed by atoms with van der Waals surface area (Å²) in [7, 11) is 1.56. The molecule has 0 saturated heterocycles. The number of nitrogens with one attached hydrogen (secondary N) is 1. The topological polar surface area (TPSA) is 42.2 Å². The van der Waals surface area contributed by atoms with Gasteiger partial charge >= 0.3 is 0 Å². The van der Waals surface area contributed by atoms with E-state index in [4.69, 9.17) is 4.42 Å². The van der Waals surface area contributed by atoms with E-state index in [0.717, 1.165) is 0 Å². The largest absolute Gasteiger partial charge is 0.464 e. The number of furan rings is 1. The normalized spacial score (nSPS) is 10.5. The zero-order valence-corrected chi connectivity index (χ0v) is 8.21. The molecule has 0 unspecified atom stereocenters. The predicted molar refractivity (Wildman–Crippen MR) is 53.9 cm³/mol. The number of hydrogen-bond donors (Lipinski definition) is 1. The van der Waals surface area contributed by atoms with Crippen LogP contribution in [0.25, 0.3) is 11.0 Å². The fourth-order valence-corrected chi connectivity index (χ4v) is 1.45. The SMILES string of the molecule is CNC(=O)Cc1coc2ccc(F)cc12. The molecular formula is C11H10FNO2. The molecule has 0 radical (unpaired) electrons. The Morgan fingerprint density at radius 3 is 3.07 bits per heavy atom. The Balaban J connectivity index is 2.43. The second-order valence-electron chi connectivity index (χ2n) is 3.25. The number of likely N-dealkylation sites (N-methyl/N-ethyl adjacent to an activating group) is 1. The van der Waals surface area contributed by atoms with Crippen LogP contribution >= 0.6 is 0 Å². The monoisotopic (exact) mass is 207 g/mol. The summed E-state index contributed by atoms with van der Waals surface area (Å²) in [5, 5.41) is 3.16. The second-order valence-corrected chi connectivity index (χ2v) is 3.25. The Bertz CT molecular complexity index is 504. The highest BCUT2D eigenvalue weighted by Crippen LogP contribution is 2.22. The fraction of sp³-hybridized carbons (Fsp3) is 0.182. The molecule has 0 aliphatic carbocycles. The van der Waals surface area contributed by atoms with Gasteiger partial charge in [0.25, 0.3) is 0 Å². The van der Waals surface area contributed by atoms with Crippen LogP contribution in [0.15, 0.2) is 28.9 Å². The molecule has 1 heterocycles. The highest BCUT2D eigenvalue weighted by molar-refractivity contribution is 5.87. The summed E-state index contributed by atoms with van der Waals surface area (Å²) in [5.74, 6) is -0.455. The van der Waals surface area contributed by atoms with Crippen molar-refractivity contribution in [2.24, 2.45) is 0 Å². The van der Waals surface area contributed by atoms with Gasteiger partial charge in [0.05, 0.1) is 12.7 Å². The van der Waals surface area contributed by atoms with Crippen LogP contribution in [0.3, 0.4) is 0 Å². The van der Waals surface area contributed by atoms with E-state index in [1.54, 1.807) is 13.1 Å². The van der Waals surface area contributed by atoms with Gasteiger partial charge in [-0.2, -0.15) is 0 Å². The van der Waals surface area contributed by atoms with Gasteiger partial charge < -0.3 is 9.73 Å². The van der Waals surface area contributed by atoms with Crippen molar-refractivity contribution in [3.8, 4) is 0 Å². The van der Waals surface area contributed by atoms with Crippen molar-refractivity contribution in [2.45, 2.75) is 6.42 Å². The molecule has 1 aromatic heterocycles. The number of hydrogen-bond acceptors (Lipinski definition) is 2. The summed E-state index contributed by atoms with van der Waals surface area (Å²) in [6, 6.07) is 4.25. The van der Waals surface area contributed by atoms with Gasteiger partial charge in [-0.25, -0.2) is 4.39 Å². The van der Waals surface area contributed by atoms with Crippen LogP contribution in [0, 0.1) is 5.82 Å². The Morgan fingerprint density at radius 2 is 2.33 bits per heavy atom. The predicted octanol–water partition coefficient (Wildman–Crippen LogP) is 1.86. The molecule has 0 saturated carbocycles. The Kier molecular flexibility index (Phi) is 2.41. The first-order chi connectivity index (χ1) is 7.20. The van der Waals surface area contributed by atoms with Gasteiger partial charge in [0.1, 0.15) is 11.4 Å². The molecular weight excluding hydrogens is 197 g/mol.